The maximum Gasteiger partial charge on any atom is 0.166 e. The van der Waals surface area contributed by atoms with Gasteiger partial charge in [0.2, 0.25) is 0 Å². The van der Waals surface area contributed by atoms with Gasteiger partial charge in [0.25, 0.3) is 0 Å². The first-order valence-corrected chi connectivity index (χ1v) is 37.5. The number of fused-ring (bicyclic) bond motifs is 12. The molecule has 0 atom stereocenters. The molecule has 10 nitrogen and oxygen atoms in total. The van der Waals surface area contributed by atoms with Crippen LogP contribution >= 0.6 is 0 Å². The predicted octanol–water partition coefficient (Wildman–Crippen LogP) is 26.4. The second-order valence-corrected chi connectivity index (χ2v) is 28.1. The third-order valence-electron chi connectivity index (χ3n) is 21.4. The maximum atomic E-state index is 6.14. The van der Waals surface area contributed by atoms with Gasteiger partial charge in [0.1, 0.15) is 22.3 Å². The van der Waals surface area contributed by atoms with E-state index in [1.807, 2.05) is 127 Å². The minimum Gasteiger partial charge on any atom is -0.456 e. The zero-order chi connectivity index (χ0) is 74.0. The lowest BCUT2D eigenvalue weighted by Gasteiger charge is -2.15. The van der Waals surface area contributed by atoms with Crippen LogP contribution < -0.4 is 0 Å². The van der Waals surface area contributed by atoms with Crippen molar-refractivity contribution in [2.45, 2.75) is 0 Å². The maximum absolute atomic E-state index is 6.14. The van der Waals surface area contributed by atoms with E-state index in [2.05, 4.69) is 270 Å². The summed E-state index contributed by atoms with van der Waals surface area (Å²) < 4.78 is 17.0. The molecule has 524 valence electrons. The minimum atomic E-state index is 0.611. The molecular formula is C102H64N8O2. The van der Waals surface area contributed by atoms with Crippen molar-refractivity contribution in [3.8, 4) is 124 Å². The third-order valence-corrected chi connectivity index (χ3v) is 21.4. The number of aromatic nitrogens is 8. The van der Waals surface area contributed by atoms with Crippen LogP contribution in [0, 0.1) is 0 Å². The van der Waals surface area contributed by atoms with Gasteiger partial charge in [0.15, 0.2) is 34.9 Å². The quantitative estimate of drug-likeness (QED) is 0.119. The van der Waals surface area contributed by atoms with Gasteiger partial charge in [-0.3, -0.25) is 0 Å². The Balaban J connectivity index is 0.000000141. The summed E-state index contributed by atoms with van der Waals surface area (Å²) in [5.74, 6) is 3.78. The van der Waals surface area contributed by atoms with E-state index in [4.69, 9.17) is 38.7 Å². The Kier molecular flexibility index (Phi) is 16.0. The number of nitrogens with zero attached hydrogens (tertiary/aromatic N) is 8. The predicted molar refractivity (Wildman–Crippen MR) is 457 cm³/mol. The van der Waals surface area contributed by atoms with Gasteiger partial charge in [0, 0.05) is 82.2 Å². The molecule has 112 heavy (non-hydrogen) atoms. The molecule has 0 saturated carbocycles. The molecule has 10 heteroatoms. The second kappa shape index (κ2) is 27.5. The highest BCUT2D eigenvalue weighted by atomic mass is 16.3. The normalized spacial score (nSPS) is 11.6. The van der Waals surface area contributed by atoms with Crippen LogP contribution in [0.3, 0.4) is 0 Å². The molecule has 0 N–H and O–H groups in total. The van der Waals surface area contributed by atoms with Crippen molar-refractivity contribution in [1.29, 1.82) is 0 Å². The van der Waals surface area contributed by atoms with Gasteiger partial charge < -0.3 is 18.0 Å². The van der Waals surface area contributed by atoms with Crippen molar-refractivity contribution in [3.63, 3.8) is 0 Å². The Hall–Kier alpha value is -15.3. The standard InChI is InChI=1S/2C51H32N4O/c1-3-13-33(14-4-1)34-23-25-36(26-24-34)50-52-49(35-15-5-2-6-16-35)53-51(54-50)41-19-8-11-21-45(41)55-44-20-10-7-17-39(44)42-31-37(27-29-46(42)55)38-28-30-48-43(32-38)40-18-9-12-22-47(40)56-48;1-3-13-34(14-4-1)49-52-50(35-15-5-2-6-16-35)54-51(53-49)42-20-8-7-17-39(42)33-23-27-38(28-24-33)55-45-21-11-9-18-40(45)43-31-36(25-29-46(43)55)37-26-30-48-44(32-37)41-19-10-12-22-47(41)56-48/h2*1-32H. The van der Waals surface area contributed by atoms with Gasteiger partial charge in [-0.2, -0.15) is 0 Å². The number of para-hydroxylation sites is 5. The Bertz CT molecular complexity index is 7300. The average molecular weight is 1430 g/mol. The Labute approximate surface area is 643 Å². The summed E-state index contributed by atoms with van der Waals surface area (Å²) in [4.78, 5) is 30.3. The van der Waals surface area contributed by atoms with Crippen LogP contribution in [0.15, 0.2) is 397 Å². The van der Waals surface area contributed by atoms with Crippen LogP contribution in [0.25, 0.3) is 212 Å². The summed E-state index contributed by atoms with van der Waals surface area (Å²) >= 11 is 0. The molecule has 0 amide bonds. The molecule has 0 aliphatic carbocycles. The van der Waals surface area contributed by atoms with Gasteiger partial charge in [-0.1, -0.05) is 291 Å². The zero-order valence-corrected chi connectivity index (χ0v) is 60.3. The first-order chi connectivity index (χ1) is 55.5. The van der Waals surface area contributed by atoms with E-state index in [1.165, 1.54) is 32.7 Å². The SMILES string of the molecule is c1ccc(-c2ccc(-c3nc(-c4ccccc4)nc(-c4ccccc4-n4c5ccccc5c5cc(-c6ccc7oc8ccccc8c7c6)ccc54)n3)cc2)cc1.c1ccc(-c2nc(-c3ccccc3)nc(-c3ccccc3-c3ccc(-n4c5ccccc5c5cc(-c6ccc7oc8ccccc8c7c6)ccc54)cc3)n2)cc1. The number of rotatable bonds is 12. The fraction of sp³-hybridized carbons (Fsp3) is 0. The van der Waals surface area contributed by atoms with Gasteiger partial charge in [0.05, 0.1) is 27.8 Å². The van der Waals surface area contributed by atoms with Gasteiger partial charge in [-0.25, -0.2) is 29.9 Å². The van der Waals surface area contributed by atoms with Crippen LogP contribution in [0.4, 0.5) is 0 Å². The van der Waals surface area contributed by atoms with Crippen molar-refractivity contribution in [3.05, 3.63) is 388 Å². The molecule has 0 aliphatic rings. The summed E-state index contributed by atoms with van der Waals surface area (Å²) in [7, 11) is 0. The molecule has 0 saturated heterocycles. The molecule has 0 radical (unpaired) electrons. The molecule has 22 aromatic rings. The van der Waals surface area contributed by atoms with Crippen LogP contribution in [0.2, 0.25) is 0 Å². The monoisotopic (exact) mass is 1430 g/mol. The van der Waals surface area contributed by atoms with E-state index >= 15 is 0 Å². The first kappa shape index (κ1) is 65.1. The van der Waals surface area contributed by atoms with E-state index in [9.17, 15) is 0 Å². The van der Waals surface area contributed by atoms with Gasteiger partial charge in [-0.05, 0) is 142 Å². The van der Waals surface area contributed by atoms with Gasteiger partial charge in [-0.15, -0.1) is 0 Å². The van der Waals surface area contributed by atoms with E-state index in [1.54, 1.807) is 0 Å². The topological polar surface area (TPSA) is 113 Å². The van der Waals surface area contributed by atoms with E-state index in [0.29, 0.717) is 34.9 Å². The lowest BCUT2D eigenvalue weighted by atomic mass is 9.98. The highest BCUT2D eigenvalue weighted by Crippen LogP contribution is 2.43. The Morgan fingerprint density at radius 2 is 0.473 bits per heavy atom. The fourth-order valence-electron chi connectivity index (χ4n) is 15.9. The van der Waals surface area contributed by atoms with Crippen molar-refractivity contribution < 1.29 is 8.83 Å². The Morgan fingerprint density at radius 1 is 0.170 bits per heavy atom. The third kappa shape index (κ3) is 11.7. The van der Waals surface area contributed by atoms with Crippen LogP contribution in [0.5, 0.6) is 0 Å². The molecule has 0 aliphatic heterocycles. The van der Waals surface area contributed by atoms with Crippen molar-refractivity contribution >= 4 is 87.5 Å². The largest absolute Gasteiger partial charge is 0.456 e. The summed E-state index contributed by atoms with van der Waals surface area (Å²) in [6.45, 7) is 0. The van der Waals surface area contributed by atoms with Crippen molar-refractivity contribution in [1.82, 2.24) is 39.0 Å². The molecular weight excluding hydrogens is 1370 g/mol. The van der Waals surface area contributed by atoms with E-state index in [-0.39, 0.29) is 0 Å². The van der Waals surface area contributed by atoms with E-state index in [0.717, 1.165) is 144 Å². The highest BCUT2D eigenvalue weighted by Gasteiger charge is 2.23. The van der Waals surface area contributed by atoms with Crippen molar-refractivity contribution in [2.75, 3.05) is 0 Å². The smallest absolute Gasteiger partial charge is 0.166 e. The second-order valence-electron chi connectivity index (χ2n) is 28.1. The number of hydrogen-bond acceptors (Lipinski definition) is 8. The number of furan rings is 2. The molecule has 0 fully saturated rings. The summed E-state index contributed by atoms with van der Waals surface area (Å²) in [6, 6.07) is 135. The molecule has 6 heterocycles. The molecule has 0 bridgehead atoms. The molecule has 22 rings (SSSR count). The molecule has 0 unspecified atom stereocenters. The molecule has 6 aromatic heterocycles. The average Bonchev–Trinajstić information content (AvgIpc) is 1.58. The lowest BCUT2D eigenvalue weighted by molar-refractivity contribution is 0.668. The molecule has 16 aromatic carbocycles. The van der Waals surface area contributed by atoms with Crippen molar-refractivity contribution in [2.24, 2.45) is 0 Å². The Morgan fingerprint density at radius 3 is 0.973 bits per heavy atom. The summed E-state index contributed by atoms with van der Waals surface area (Å²) in [5, 5.41) is 9.28. The minimum absolute atomic E-state index is 0.611. The summed E-state index contributed by atoms with van der Waals surface area (Å²) in [6.07, 6.45) is 0. The number of hydrogen-bond donors (Lipinski definition) is 0. The van der Waals surface area contributed by atoms with Crippen LogP contribution in [-0.4, -0.2) is 39.0 Å². The number of benzene rings is 16. The first-order valence-electron chi connectivity index (χ1n) is 37.5. The highest BCUT2D eigenvalue weighted by molar-refractivity contribution is 6.14. The lowest BCUT2D eigenvalue weighted by Crippen LogP contribution is -2.03. The van der Waals surface area contributed by atoms with E-state index < -0.39 is 0 Å². The van der Waals surface area contributed by atoms with Crippen LogP contribution in [-0.2, 0) is 0 Å². The zero-order valence-electron chi connectivity index (χ0n) is 60.3. The van der Waals surface area contributed by atoms with Crippen LogP contribution in [0.1, 0.15) is 0 Å². The summed E-state index contributed by atoms with van der Waals surface area (Å²) in [5.41, 5.74) is 24.9. The van der Waals surface area contributed by atoms with Gasteiger partial charge >= 0.3 is 0 Å². The fourth-order valence-corrected chi connectivity index (χ4v) is 15.9. The molecule has 0 spiro atoms.